The summed E-state index contributed by atoms with van der Waals surface area (Å²) >= 11 is 3.28. The minimum atomic E-state index is -4.03. The van der Waals surface area contributed by atoms with E-state index < -0.39 is 19.8 Å². The van der Waals surface area contributed by atoms with E-state index in [1.54, 1.807) is 44.2 Å². The molecule has 0 spiro atoms. The highest BCUT2D eigenvalue weighted by atomic mass is 79.9. The minimum absolute atomic E-state index is 0.190. The summed E-state index contributed by atoms with van der Waals surface area (Å²) < 4.78 is 30.2. The number of hydrogen-bond acceptors (Lipinski definition) is 6. The molecule has 0 aromatic heterocycles. The van der Waals surface area contributed by atoms with Gasteiger partial charge in [0.15, 0.2) is 0 Å². The Kier molecular flexibility index (Phi) is 7.64. The summed E-state index contributed by atoms with van der Waals surface area (Å²) in [6, 6.07) is 14.0. The van der Waals surface area contributed by atoms with Gasteiger partial charge in [-0.1, -0.05) is 18.2 Å². The number of carbonyl (C=O) groups excluding carboxylic acids is 1. The quantitative estimate of drug-likeness (QED) is 0.439. The number of carbonyl (C=O) groups is 1. The standard InChI is InChI=1S/C19H20BrN2O5P/c1-13(2)25-19(23)14(3)22-28(24,26-16-7-5-4-6-8-16)27-18-10-9-15(12-21)11-17(18)20/h4-11,13-14H,1-3H3,(H,22,24)/t14-,28?/m0/s1. The fourth-order valence-electron chi connectivity index (χ4n) is 2.09. The molecular formula is C19H20BrN2O5P. The molecule has 2 aromatic carbocycles. The lowest BCUT2D eigenvalue weighted by molar-refractivity contribution is -0.149. The molecule has 148 valence electrons. The van der Waals surface area contributed by atoms with Crippen LogP contribution in [0, 0.1) is 11.3 Å². The lowest BCUT2D eigenvalue weighted by Gasteiger charge is -2.24. The second-order valence-electron chi connectivity index (χ2n) is 6.09. The Bertz CT molecular complexity index is 914. The Morgan fingerprint density at radius 2 is 1.82 bits per heavy atom. The van der Waals surface area contributed by atoms with Gasteiger partial charge in [-0.2, -0.15) is 10.3 Å². The Hall–Kier alpha value is -2.33. The molecule has 0 fully saturated rings. The average Bonchev–Trinajstić information content (AvgIpc) is 2.63. The molecule has 1 unspecified atom stereocenters. The van der Waals surface area contributed by atoms with Crippen LogP contribution in [0.1, 0.15) is 26.3 Å². The van der Waals surface area contributed by atoms with Crippen LogP contribution in [0.25, 0.3) is 0 Å². The van der Waals surface area contributed by atoms with Gasteiger partial charge < -0.3 is 13.8 Å². The maximum atomic E-state index is 13.4. The molecular weight excluding hydrogens is 447 g/mol. The van der Waals surface area contributed by atoms with E-state index in [1.165, 1.54) is 25.1 Å². The van der Waals surface area contributed by atoms with Crippen molar-refractivity contribution < 1.29 is 23.1 Å². The van der Waals surface area contributed by atoms with Gasteiger partial charge in [0.2, 0.25) is 0 Å². The third-order valence-corrected chi connectivity index (χ3v) is 5.52. The Morgan fingerprint density at radius 1 is 1.14 bits per heavy atom. The molecule has 0 saturated carbocycles. The summed E-state index contributed by atoms with van der Waals surface area (Å²) in [5.74, 6) is -0.0999. The number of nitriles is 1. The minimum Gasteiger partial charge on any atom is -0.462 e. The molecule has 28 heavy (non-hydrogen) atoms. The predicted molar refractivity (Wildman–Crippen MR) is 108 cm³/mol. The van der Waals surface area contributed by atoms with E-state index in [4.69, 9.17) is 19.0 Å². The number of nitrogens with zero attached hydrogens (tertiary/aromatic N) is 1. The first-order valence-corrected chi connectivity index (χ1v) is 10.8. The van der Waals surface area contributed by atoms with Gasteiger partial charge >= 0.3 is 13.7 Å². The number of hydrogen-bond donors (Lipinski definition) is 1. The molecule has 2 aromatic rings. The smallest absolute Gasteiger partial charge is 0.462 e. The molecule has 0 aliphatic rings. The van der Waals surface area contributed by atoms with E-state index >= 15 is 0 Å². The van der Waals surface area contributed by atoms with Crippen LogP contribution >= 0.6 is 23.7 Å². The van der Waals surface area contributed by atoms with Gasteiger partial charge in [0.05, 0.1) is 22.2 Å². The lowest BCUT2D eigenvalue weighted by atomic mass is 10.2. The molecule has 0 aliphatic carbocycles. The fourth-order valence-corrected chi connectivity index (χ4v) is 4.21. The maximum Gasteiger partial charge on any atom is 0.513 e. The van der Waals surface area contributed by atoms with E-state index in [1.807, 2.05) is 6.07 Å². The highest BCUT2D eigenvalue weighted by Gasteiger charge is 2.34. The van der Waals surface area contributed by atoms with Crippen molar-refractivity contribution in [3.63, 3.8) is 0 Å². The van der Waals surface area contributed by atoms with E-state index in [0.29, 0.717) is 15.8 Å². The monoisotopic (exact) mass is 466 g/mol. The molecule has 0 radical (unpaired) electrons. The Balaban J connectivity index is 2.29. The van der Waals surface area contributed by atoms with Crippen LogP contribution in [0.3, 0.4) is 0 Å². The molecule has 0 saturated heterocycles. The van der Waals surface area contributed by atoms with Gasteiger partial charge in [0, 0.05) is 0 Å². The Labute approximate surface area is 172 Å². The third-order valence-electron chi connectivity index (χ3n) is 3.31. The summed E-state index contributed by atoms with van der Waals surface area (Å²) in [5.41, 5.74) is 0.403. The van der Waals surface area contributed by atoms with Crippen LogP contribution in [0.15, 0.2) is 53.0 Å². The number of benzene rings is 2. The molecule has 2 atom stereocenters. The van der Waals surface area contributed by atoms with Gasteiger partial charge in [0.25, 0.3) is 0 Å². The molecule has 0 heterocycles. The summed E-state index contributed by atoms with van der Waals surface area (Å²) in [6.07, 6.45) is -0.320. The van der Waals surface area contributed by atoms with Crippen molar-refractivity contribution in [3.05, 3.63) is 58.6 Å². The van der Waals surface area contributed by atoms with Crippen LogP contribution in [0.2, 0.25) is 0 Å². The Morgan fingerprint density at radius 3 is 2.39 bits per heavy atom. The zero-order chi connectivity index (χ0) is 20.7. The molecule has 2 rings (SSSR count). The van der Waals surface area contributed by atoms with E-state index in [9.17, 15) is 9.36 Å². The van der Waals surface area contributed by atoms with Gasteiger partial charge in [0.1, 0.15) is 17.5 Å². The second kappa shape index (κ2) is 9.74. The van der Waals surface area contributed by atoms with Crippen LogP contribution in [0.4, 0.5) is 0 Å². The zero-order valence-electron chi connectivity index (χ0n) is 15.6. The van der Waals surface area contributed by atoms with Crippen molar-refractivity contribution >= 4 is 29.6 Å². The molecule has 0 amide bonds. The van der Waals surface area contributed by atoms with Gasteiger partial charge in [-0.15, -0.1) is 0 Å². The highest BCUT2D eigenvalue weighted by Crippen LogP contribution is 2.47. The fraction of sp³-hybridized carbons (Fsp3) is 0.263. The summed E-state index contributed by atoms with van der Waals surface area (Å²) in [5, 5.41) is 11.6. The third kappa shape index (κ3) is 6.38. The lowest BCUT2D eigenvalue weighted by Crippen LogP contribution is -2.36. The largest absolute Gasteiger partial charge is 0.513 e. The van der Waals surface area contributed by atoms with Crippen molar-refractivity contribution in [2.45, 2.75) is 32.9 Å². The number of ether oxygens (including phenoxy) is 1. The van der Waals surface area contributed by atoms with Crippen molar-refractivity contribution in [2.75, 3.05) is 0 Å². The first-order valence-electron chi connectivity index (χ1n) is 8.44. The number of rotatable bonds is 8. The number of nitrogens with one attached hydrogen (secondary N) is 1. The predicted octanol–water partition coefficient (Wildman–Crippen LogP) is 4.82. The van der Waals surface area contributed by atoms with Crippen LogP contribution in [0.5, 0.6) is 11.5 Å². The van der Waals surface area contributed by atoms with Crippen molar-refractivity contribution in [3.8, 4) is 17.6 Å². The number of halogens is 1. The number of esters is 1. The first kappa shape index (κ1) is 22.0. The normalized spacial score (nSPS) is 13.9. The molecule has 1 N–H and O–H groups in total. The molecule has 0 bridgehead atoms. The zero-order valence-corrected chi connectivity index (χ0v) is 18.1. The summed E-state index contributed by atoms with van der Waals surface area (Å²) in [6.45, 7) is 4.94. The number of para-hydroxylation sites is 1. The van der Waals surface area contributed by atoms with E-state index in [2.05, 4.69) is 21.0 Å². The summed E-state index contributed by atoms with van der Waals surface area (Å²) in [4.78, 5) is 12.1. The topological polar surface area (TPSA) is 97.7 Å². The van der Waals surface area contributed by atoms with E-state index in [-0.39, 0.29) is 11.9 Å². The maximum absolute atomic E-state index is 13.4. The second-order valence-corrected chi connectivity index (χ2v) is 8.56. The van der Waals surface area contributed by atoms with Crippen LogP contribution in [-0.2, 0) is 14.1 Å². The van der Waals surface area contributed by atoms with Crippen molar-refractivity contribution in [2.24, 2.45) is 0 Å². The van der Waals surface area contributed by atoms with Gasteiger partial charge in [-0.05, 0) is 67.0 Å². The van der Waals surface area contributed by atoms with Crippen molar-refractivity contribution in [1.82, 2.24) is 5.09 Å². The van der Waals surface area contributed by atoms with Gasteiger partial charge in [-0.25, -0.2) is 4.57 Å². The molecule has 9 heteroatoms. The summed E-state index contributed by atoms with van der Waals surface area (Å²) in [7, 11) is -4.03. The van der Waals surface area contributed by atoms with E-state index in [0.717, 1.165) is 0 Å². The first-order chi connectivity index (χ1) is 13.2. The van der Waals surface area contributed by atoms with Crippen LogP contribution in [-0.4, -0.2) is 18.1 Å². The molecule has 7 nitrogen and oxygen atoms in total. The van der Waals surface area contributed by atoms with Crippen LogP contribution < -0.4 is 14.1 Å². The SMILES string of the molecule is CC(C)OC(=O)[C@H](C)NP(=O)(Oc1ccccc1)Oc1ccc(C#N)cc1Br. The highest BCUT2D eigenvalue weighted by molar-refractivity contribution is 9.10. The molecule has 0 aliphatic heterocycles. The average molecular weight is 467 g/mol. The van der Waals surface area contributed by atoms with Gasteiger partial charge in [-0.3, -0.25) is 4.79 Å². The van der Waals surface area contributed by atoms with Crippen molar-refractivity contribution in [1.29, 1.82) is 5.26 Å².